The van der Waals surface area contributed by atoms with Gasteiger partial charge >= 0.3 is 0 Å². The Balaban J connectivity index is 2.45. The van der Waals surface area contributed by atoms with Crippen molar-refractivity contribution >= 4 is 39.1 Å². The van der Waals surface area contributed by atoms with Gasteiger partial charge in [0.2, 0.25) is 21.8 Å². The van der Waals surface area contributed by atoms with Crippen LogP contribution in [0, 0.1) is 13.8 Å². The maximum atomic E-state index is 13.4. The molecule has 0 saturated carbocycles. The monoisotopic (exact) mass is 479 g/mol. The van der Waals surface area contributed by atoms with E-state index in [4.69, 9.17) is 11.6 Å². The van der Waals surface area contributed by atoms with Crippen molar-refractivity contribution in [3.05, 3.63) is 64.2 Å². The Bertz CT molecular complexity index is 1070. The minimum absolute atomic E-state index is 0.113. The van der Waals surface area contributed by atoms with Crippen LogP contribution in [-0.2, 0) is 26.2 Å². The molecule has 32 heavy (non-hydrogen) atoms. The van der Waals surface area contributed by atoms with Gasteiger partial charge in [0.1, 0.15) is 12.6 Å². The average molecular weight is 480 g/mol. The Morgan fingerprint density at radius 2 is 1.69 bits per heavy atom. The van der Waals surface area contributed by atoms with Gasteiger partial charge in [0, 0.05) is 18.1 Å². The largest absolute Gasteiger partial charge is 0.355 e. The molecule has 2 aromatic rings. The number of para-hydroxylation sites is 1. The highest BCUT2D eigenvalue weighted by atomic mass is 35.5. The lowest BCUT2D eigenvalue weighted by molar-refractivity contribution is -0.139. The molecule has 0 spiro atoms. The Labute approximate surface area is 195 Å². The van der Waals surface area contributed by atoms with Crippen molar-refractivity contribution in [2.45, 2.75) is 40.3 Å². The van der Waals surface area contributed by atoms with Gasteiger partial charge in [0.15, 0.2) is 0 Å². The predicted octanol–water partition coefficient (Wildman–Crippen LogP) is 3.28. The van der Waals surface area contributed by atoms with E-state index in [1.165, 1.54) is 4.90 Å². The van der Waals surface area contributed by atoms with Gasteiger partial charge in [-0.25, -0.2) is 8.42 Å². The number of anilines is 1. The first kappa shape index (κ1) is 25.7. The highest BCUT2D eigenvalue weighted by Crippen LogP contribution is 2.27. The lowest BCUT2D eigenvalue weighted by atomic mass is 10.1. The third kappa shape index (κ3) is 6.46. The smallest absolute Gasteiger partial charge is 0.244 e. The zero-order valence-electron chi connectivity index (χ0n) is 19.1. The van der Waals surface area contributed by atoms with E-state index in [0.717, 1.165) is 27.3 Å². The van der Waals surface area contributed by atoms with Crippen LogP contribution in [0.2, 0.25) is 5.02 Å². The second-order valence-corrected chi connectivity index (χ2v) is 10.1. The van der Waals surface area contributed by atoms with Crippen LogP contribution < -0.4 is 9.62 Å². The van der Waals surface area contributed by atoms with Crippen LogP contribution in [0.25, 0.3) is 0 Å². The molecular formula is C23H30ClN3O4S. The van der Waals surface area contributed by atoms with Gasteiger partial charge in [-0.2, -0.15) is 0 Å². The molecule has 0 unspecified atom stereocenters. The average Bonchev–Trinajstić information content (AvgIpc) is 2.70. The van der Waals surface area contributed by atoms with Gasteiger partial charge in [-0.15, -0.1) is 0 Å². The third-order valence-electron chi connectivity index (χ3n) is 5.13. The topological polar surface area (TPSA) is 86.8 Å². The summed E-state index contributed by atoms with van der Waals surface area (Å²) in [6.07, 6.45) is 1.07. The molecule has 2 rings (SSSR count). The van der Waals surface area contributed by atoms with Gasteiger partial charge < -0.3 is 10.2 Å². The number of sulfonamides is 1. The first-order chi connectivity index (χ1) is 15.0. The van der Waals surface area contributed by atoms with Crippen LogP contribution in [0.4, 0.5) is 5.69 Å². The van der Waals surface area contributed by atoms with Crippen LogP contribution in [-0.4, -0.2) is 50.5 Å². The number of nitrogens with zero attached hydrogens (tertiary/aromatic N) is 2. The number of halogens is 1. The summed E-state index contributed by atoms with van der Waals surface area (Å²) in [7, 11) is -3.76. The van der Waals surface area contributed by atoms with Crippen molar-refractivity contribution < 1.29 is 18.0 Å². The Morgan fingerprint density at radius 1 is 1.09 bits per heavy atom. The summed E-state index contributed by atoms with van der Waals surface area (Å²) in [6, 6.07) is 11.6. The van der Waals surface area contributed by atoms with Gasteiger partial charge in [-0.3, -0.25) is 13.9 Å². The lowest BCUT2D eigenvalue weighted by Crippen LogP contribution is -2.51. The summed E-state index contributed by atoms with van der Waals surface area (Å²) in [4.78, 5) is 27.4. The molecule has 2 amide bonds. The normalized spacial score (nSPS) is 12.2. The van der Waals surface area contributed by atoms with E-state index in [9.17, 15) is 18.0 Å². The van der Waals surface area contributed by atoms with E-state index in [1.54, 1.807) is 64.1 Å². The zero-order valence-corrected chi connectivity index (χ0v) is 20.6. The van der Waals surface area contributed by atoms with Gasteiger partial charge in [-0.05, 0) is 56.5 Å². The number of carbonyl (C=O) groups is 2. The van der Waals surface area contributed by atoms with Crippen molar-refractivity contribution in [1.29, 1.82) is 0 Å². The number of hydrogen-bond acceptors (Lipinski definition) is 4. The van der Waals surface area contributed by atoms with Crippen molar-refractivity contribution in [3.8, 4) is 0 Å². The highest BCUT2D eigenvalue weighted by Gasteiger charge is 2.30. The van der Waals surface area contributed by atoms with E-state index >= 15 is 0 Å². The maximum absolute atomic E-state index is 13.4. The van der Waals surface area contributed by atoms with Crippen LogP contribution in [0.5, 0.6) is 0 Å². The highest BCUT2D eigenvalue weighted by molar-refractivity contribution is 7.92. The molecule has 174 valence electrons. The molecule has 0 heterocycles. The summed E-state index contributed by atoms with van der Waals surface area (Å²) < 4.78 is 26.4. The Kier molecular flexibility index (Phi) is 8.69. The minimum atomic E-state index is -3.76. The molecule has 0 fully saturated rings. The maximum Gasteiger partial charge on any atom is 0.244 e. The van der Waals surface area contributed by atoms with Crippen molar-refractivity contribution in [3.63, 3.8) is 0 Å². The molecule has 9 heteroatoms. The molecule has 2 aromatic carbocycles. The molecule has 0 saturated heterocycles. The van der Waals surface area contributed by atoms with Crippen LogP contribution in [0.3, 0.4) is 0 Å². The number of rotatable bonds is 9. The first-order valence-electron chi connectivity index (χ1n) is 10.3. The SMILES string of the molecule is CCNC(=O)[C@@H](C)N(Cc1cccc(Cl)c1)C(=O)CN(c1c(C)cccc1C)S(C)(=O)=O. The number of aryl methyl sites for hydroxylation is 2. The summed E-state index contributed by atoms with van der Waals surface area (Å²) in [5.41, 5.74) is 2.68. The second kappa shape index (κ2) is 10.8. The van der Waals surface area contributed by atoms with Crippen molar-refractivity contribution in [2.75, 3.05) is 23.7 Å². The molecule has 1 N–H and O–H groups in total. The number of nitrogens with one attached hydrogen (secondary N) is 1. The second-order valence-electron chi connectivity index (χ2n) is 7.73. The van der Waals surface area contributed by atoms with Gasteiger partial charge in [0.25, 0.3) is 0 Å². The fraction of sp³-hybridized carbons (Fsp3) is 0.391. The summed E-state index contributed by atoms with van der Waals surface area (Å²) in [5.74, 6) is -0.808. The third-order valence-corrected chi connectivity index (χ3v) is 6.48. The quantitative estimate of drug-likeness (QED) is 0.598. The summed E-state index contributed by atoms with van der Waals surface area (Å²) >= 11 is 6.09. The molecule has 0 bridgehead atoms. The van der Waals surface area contributed by atoms with Crippen LogP contribution in [0.15, 0.2) is 42.5 Å². The van der Waals surface area contributed by atoms with E-state index < -0.39 is 28.5 Å². The molecule has 0 radical (unpaired) electrons. The van der Waals surface area contributed by atoms with Gasteiger partial charge in [-0.1, -0.05) is 41.9 Å². The molecule has 1 atom stereocenters. The van der Waals surface area contributed by atoms with Crippen molar-refractivity contribution in [2.24, 2.45) is 0 Å². The minimum Gasteiger partial charge on any atom is -0.355 e. The number of amides is 2. The standard InChI is InChI=1S/C23H30ClN3O4S/c1-6-25-23(29)18(4)26(14-19-11-8-12-20(24)13-19)21(28)15-27(32(5,30)31)22-16(2)9-7-10-17(22)3/h7-13,18H,6,14-15H2,1-5H3,(H,25,29)/t18-/m1/s1. The lowest BCUT2D eigenvalue weighted by Gasteiger charge is -2.32. The van der Waals surface area contributed by atoms with Gasteiger partial charge in [0.05, 0.1) is 11.9 Å². The van der Waals surface area contributed by atoms with E-state index in [2.05, 4.69) is 5.32 Å². The first-order valence-corrected chi connectivity index (χ1v) is 12.5. The molecule has 0 aliphatic rings. The summed E-state index contributed by atoms with van der Waals surface area (Å²) in [5, 5.41) is 3.23. The Hall–Kier alpha value is -2.58. The Morgan fingerprint density at radius 3 is 2.22 bits per heavy atom. The van der Waals surface area contributed by atoms with E-state index in [0.29, 0.717) is 17.3 Å². The molecule has 7 nitrogen and oxygen atoms in total. The van der Waals surface area contributed by atoms with E-state index in [-0.39, 0.29) is 12.5 Å². The van der Waals surface area contributed by atoms with E-state index in [1.807, 2.05) is 6.07 Å². The molecule has 0 aromatic heterocycles. The summed E-state index contributed by atoms with van der Waals surface area (Å²) in [6.45, 7) is 7.12. The molecular weight excluding hydrogens is 450 g/mol. The van der Waals surface area contributed by atoms with Crippen molar-refractivity contribution in [1.82, 2.24) is 10.2 Å². The van der Waals surface area contributed by atoms with Crippen LogP contribution in [0.1, 0.15) is 30.5 Å². The molecule has 0 aliphatic carbocycles. The number of carbonyl (C=O) groups excluding carboxylic acids is 2. The fourth-order valence-electron chi connectivity index (χ4n) is 3.51. The zero-order chi connectivity index (χ0) is 24.1. The fourth-order valence-corrected chi connectivity index (χ4v) is 4.69. The van der Waals surface area contributed by atoms with Crippen LogP contribution >= 0.6 is 11.6 Å². The predicted molar refractivity (Wildman–Crippen MR) is 128 cm³/mol. The number of likely N-dealkylation sites (N-methyl/N-ethyl adjacent to an activating group) is 1. The number of hydrogen-bond donors (Lipinski definition) is 1. The molecule has 0 aliphatic heterocycles. The number of benzene rings is 2.